The maximum Gasteiger partial charge on any atom is 0.334 e. The summed E-state index contributed by atoms with van der Waals surface area (Å²) in [6, 6.07) is 0. The molecule has 2 bridgehead atoms. The molecule has 0 aromatic carbocycles. The Balaban J connectivity index is 2.31. The summed E-state index contributed by atoms with van der Waals surface area (Å²) >= 11 is 0. The van der Waals surface area contributed by atoms with E-state index in [1.807, 2.05) is 6.08 Å². The minimum atomic E-state index is -0.146. The Hall–Kier alpha value is -1.61. The highest BCUT2D eigenvalue weighted by atomic mass is 16.5. The molecule has 3 nitrogen and oxygen atoms in total. The molecule has 0 amide bonds. The van der Waals surface area contributed by atoms with Crippen LogP contribution in [0.5, 0.6) is 0 Å². The molecule has 0 fully saturated rings. The molecule has 0 spiro atoms. The largest absolute Gasteiger partial charge is 0.454 e. The topological polar surface area (TPSA) is 35.5 Å². The van der Waals surface area contributed by atoms with Gasteiger partial charge in [0.25, 0.3) is 0 Å². The molecule has 1 heterocycles. The zero-order valence-corrected chi connectivity index (χ0v) is 15.6. The molecule has 0 unspecified atom stereocenters. The summed E-state index contributed by atoms with van der Waals surface area (Å²) in [4.78, 5) is 12.1. The van der Waals surface area contributed by atoms with Crippen molar-refractivity contribution in [1.82, 2.24) is 0 Å². The predicted octanol–water partition coefficient (Wildman–Crippen LogP) is 4.90. The number of fused-ring (bicyclic) bond motifs is 1. The summed E-state index contributed by atoms with van der Waals surface area (Å²) in [6.07, 6.45) is 11.8. The molecule has 0 aromatic rings. The number of methoxy groups -OCH3 is 1. The quantitative estimate of drug-likeness (QED) is 0.533. The molecule has 0 N–H and O–H groups in total. The van der Waals surface area contributed by atoms with Gasteiger partial charge in [-0.3, -0.25) is 0 Å². The minimum absolute atomic E-state index is 0.0878. The highest BCUT2D eigenvalue weighted by Crippen LogP contribution is 2.27. The summed E-state index contributed by atoms with van der Waals surface area (Å²) in [5, 5.41) is 0. The van der Waals surface area contributed by atoms with E-state index in [4.69, 9.17) is 9.47 Å². The van der Waals surface area contributed by atoms with Crippen LogP contribution in [0, 0.1) is 5.92 Å². The third-order valence-corrected chi connectivity index (χ3v) is 4.89. The number of rotatable bonds is 2. The summed E-state index contributed by atoms with van der Waals surface area (Å²) in [6.45, 7) is 8.61. The Morgan fingerprint density at radius 2 is 1.96 bits per heavy atom. The predicted molar refractivity (Wildman–Crippen MR) is 97.7 cm³/mol. The second kappa shape index (κ2) is 8.48. The second-order valence-electron chi connectivity index (χ2n) is 7.16. The van der Waals surface area contributed by atoms with Crippen LogP contribution in [-0.2, 0) is 14.3 Å². The maximum atomic E-state index is 12.1. The van der Waals surface area contributed by atoms with Gasteiger partial charge in [-0.05, 0) is 50.7 Å². The third kappa shape index (κ3) is 4.94. The summed E-state index contributed by atoms with van der Waals surface area (Å²) in [5.41, 5.74) is 4.64. The SMILES string of the molecule is CO[C@@H]1C/C=C(\C)C[C@H]2C=C(CC/C(C(C)C)=C/C=C\1C)C(=O)O2. The first kappa shape index (κ1) is 18.7. The summed E-state index contributed by atoms with van der Waals surface area (Å²) < 4.78 is 11.2. The van der Waals surface area contributed by atoms with Crippen molar-refractivity contribution in [3.63, 3.8) is 0 Å². The first-order valence-electron chi connectivity index (χ1n) is 8.88. The van der Waals surface area contributed by atoms with Crippen LogP contribution in [0.1, 0.15) is 53.4 Å². The van der Waals surface area contributed by atoms with E-state index in [1.54, 1.807) is 7.11 Å². The van der Waals surface area contributed by atoms with E-state index in [9.17, 15) is 4.79 Å². The Bertz CT molecular complexity index is 590. The van der Waals surface area contributed by atoms with Crippen molar-refractivity contribution in [1.29, 1.82) is 0 Å². The molecule has 24 heavy (non-hydrogen) atoms. The fraction of sp³-hybridized carbons (Fsp3) is 0.571. The van der Waals surface area contributed by atoms with Gasteiger partial charge >= 0.3 is 5.97 Å². The van der Waals surface area contributed by atoms with Crippen molar-refractivity contribution >= 4 is 5.97 Å². The molecular formula is C21H30O3. The van der Waals surface area contributed by atoms with E-state index < -0.39 is 0 Å². The molecule has 1 aliphatic carbocycles. The molecule has 0 radical (unpaired) electrons. The lowest BCUT2D eigenvalue weighted by Crippen LogP contribution is -2.12. The van der Waals surface area contributed by atoms with Gasteiger partial charge in [-0.25, -0.2) is 4.79 Å². The molecule has 132 valence electrons. The molecule has 0 aromatic heterocycles. The zero-order chi connectivity index (χ0) is 17.7. The lowest BCUT2D eigenvalue weighted by Gasteiger charge is -2.16. The molecular weight excluding hydrogens is 300 g/mol. The normalized spacial score (nSPS) is 32.7. The van der Waals surface area contributed by atoms with Crippen molar-refractivity contribution in [2.45, 2.75) is 65.6 Å². The van der Waals surface area contributed by atoms with Gasteiger partial charge in [-0.15, -0.1) is 0 Å². The van der Waals surface area contributed by atoms with Crippen LogP contribution >= 0.6 is 0 Å². The number of hydrogen-bond donors (Lipinski definition) is 0. The maximum absolute atomic E-state index is 12.1. The van der Waals surface area contributed by atoms with Crippen LogP contribution in [0.4, 0.5) is 0 Å². The monoisotopic (exact) mass is 330 g/mol. The Kier molecular flexibility index (Phi) is 6.61. The van der Waals surface area contributed by atoms with Gasteiger partial charge in [-0.2, -0.15) is 0 Å². The van der Waals surface area contributed by atoms with Crippen molar-refractivity contribution in [3.8, 4) is 0 Å². The van der Waals surface area contributed by atoms with Crippen LogP contribution in [0.15, 0.2) is 46.6 Å². The Morgan fingerprint density at radius 3 is 2.62 bits per heavy atom. The van der Waals surface area contributed by atoms with E-state index >= 15 is 0 Å². The second-order valence-corrected chi connectivity index (χ2v) is 7.16. The van der Waals surface area contributed by atoms with E-state index in [0.29, 0.717) is 5.92 Å². The lowest BCUT2D eigenvalue weighted by molar-refractivity contribution is -0.139. The number of ether oxygens (including phenoxy) is 2. The minimum Gasteiger partial charge on any atom is -0.454 e. The van der Waals surface area contributed by atoms with E-state index in [-0.39, 0.29) is 18.2 Å². The zero-order valence-electron chi connectivity index (χ0n) is 15.6. The lowest BCUT2D eigenvalue weighted by atomic mass is 9.94. The molecule has 2 aliphatic rings. The van der Waals surface area contributed by atoms with Gasteiger partial charge in [0.2, 0.25) is 0 Å². The van der Waals surface area contributed by atoms with Crippen LogP contribution in [0.25, 0.3) is 0 Å². The van der Waals surface area contributed by atoms with E-state index in [1.165, 1.54) is 16.7 Å². The van der Waals surface area contributed by atoms with Gasteiger partial charge in [0, 0.05) is 19.1 Å². The summed E-state index contributed by atoms with van der Waals surface area (Å²) in [7, 11) is 1.76. The Labute approximate surface area is 146 Å². The smallest absolute Gasteiger partial charge is 0.334 e. The number of esters is 1. The van der Waals surface area contributed by atoms with Gasteiger partial charge < -0.3 is 9.47 Å². The van der Waals surface area contributed by atoms with Crippen LogP contribution in [0.3, 0.4) is 0 Å². The van der Waals surface area contributed by atoms with Crippen LogP contribution < -0.4 is 0 Å². The highest BCUT2D eigenvalue weighted by Gasteiger charge is 2.25. The Morgan fingerprint density at radius 1 is 1.21 bits per heavy atom. The highest BCUT2D eigenvalue weighted by molar-refractivity contribution is 5.90. The van der Waals surface area contributed by atoms with Crippen LogP contribution in [-0.4, -0.2) is 25.3 Å². The van der Waals surface area contributed by atoms with Gasteiger partial charge in [0.1, 0.15) is 6.10 Å². The fourth-order valence-electron chi connectivity index (χ4n) is 3.19. The van der Waals surface area contributed by atoms with Crippen molar-refractivity contribution in [3.05, 3.63) is 46.6 Å². The van der Waals surface area contributed by atoms with Gasteiger partial charge in [0.15, 0.2) is 0 Å². The van der Waals surface area contributed by atoms with Crippen LogP contribution in [0.2, 0.25) is 0 Å². The molecule has 2 atom stereocenters. The van der Waals surface area contributed by atoms with E-state index in [2.05, 4.69) is 45.9 Å². The molecule has 1 aliphatic heterocycles. The number of carbonyl (C=O) groups excluding carboxylic acids is 1. The first-order valence-corrected chi connectivity index (χ1v) is 8.88. The number of carbonyl (C=O) groups is 1. The van der Waals surface area contributed by atoms with Gasteiger partial charge in [-0.1, -0.05) is 43.2 Å². The standard InChI is InChI=1S/C21H30O3/c1-14(2)17-8-7-16(4)20(23-5)11-6-15(3)12-19-13-18(10-9-17)21(22)24-19/h6-8,13-14,19-20H,9-12H2,1-5H3/b15-6+,16-7-,17-8-/t19-,20+/m0/s1. The number of allylic oxidation sites excluding steroid dienone is 3. The summed E-state index contributed by atoms with van der Waals surface area (Å²) in [5.74, 6) is 0.311. The molecule has 0 saturated carbocycles. The molecule has 2 rings (SSSR count). The fourth-order valence-corrected chi connectivity index (χ4v) is 3.19. The molecule has 0 saturated heterocycles. The van der Waals surface area contributed by atoms with Gasteiger partial charge in [0.05, 0.1) is 6.10 Å². The average Bonchev–Trinajstić information content (AvgIpc) is 2.86. The molecule has 3 heteroatoms. The van der Waals surface area contributed by atoms with Crippen molar-refractivity contribution in [2.24, 2.45) is 5.92 Å². The number of hydrogen-bond acceptors (Lipinski definition) is 3. The third-order valence-electron chi connectivity index (χ3n) is 4.89. The average molecular weight is 330 g/mol. The van der Waals surface area contributed by atoms with Crippen molar-refractivity contribution < 1.29 is 14.3 Å². The van der Waals surface area contributed by atoms with E-state index in [0.717, 1.165) is 31.3 Å². The first-order chi connectivity index (χ1) is 11.4. The van der Waals surface area contributed by atoms with Crippen molar-refractivity contribution in [2.75, 3.05) is 7.11 Å².